The molecule has 1 amide bonds. The fourth-order valence-corrected chi connectivity index (χ4v) is 4.87. The molecule has 0 bridgehead atoms. The number of anilines is 1. The van der Waals surface area contributed by atoms with Crippen LogP contribution in [0.25, 0.3) is 0 Å². The molecule has 2 aliphatic rings. The molecule has 0 atom stereocenters. The van der Waals surface area contributed by atoms with Crippen molar-refractivity contribution in [3.8, 4) is 0 Å². The first-order valence-electron chi connectivity index (χ1n) is 7.95. The van der Waals surface area contributed by atoms with Crippen molar-refractivity contribution in [2.45, 2.75) is 25.8 Å². The molecule has 7 heteroatoms. The molecular weight excluding hydrogens is 330 g/mol. The lowest BCUT2D eigenvalue weighted by Crippen LogP contribution is -2.35. The highest BCUT2D eigenvalue weighted by molar-refractivity contribution is 7.15. The summed E-state index contributed by atoms with van der Waals surface area (Å²) in [5.74, 6) is -0.0309. The minimum absolute atomic E-state index is 0.0309. The third kappa shape index (κ3) is 3.47. The highest BCUT2D eigenvalue weighted by Crippen LogP contribution is 2.31. The van der Waals surface area contributed by atoms with Gasteiger partial charge >= 0.3 is 0 Å². The lowest BCUT2D eigenvalue weighted by atomic mass is 10.2. The van der Waals surface area contributed by atoms with Crippen molar-refractivity contribution in [3.05, 3.63) is 32.5 Å². The van der Waals surface area contributed by atoms with Crippen molar-refractivity contribution in [3.63, 3.8) is 0 Å². The van der Waals surface area contributed by atoms with Crippen LogP contribution in [0.4, 0.5) is 5.13 Å². The van der Waals surface area contributed by atoms with E-state index < -0.39 is 0 Å². The molecule has 2 aromatic heterocycles. The van der Waals surface area contributed by atoms with Gasteiger partial charge in [0, 0.05) is 29.9 Å². The highest BCUT2D eigenvalue weighted by Gasteiger charge is 2.19. The molecule has 1 aliphatic carbocycles. The number of hydrogen-bond donors (Lipinski definition) is 1. The summed E-state index contributed by atoms with van der Waals surface area (Å²) in [4.78, 5) is 21.4. The van der Waals surface area contributed by atoms with Crippen LogP contribution in [0.3, 0.4) is 0 Å². The van der Waals surface area contributed by atoms with Gasteiger partial charge in [-0.3, -0.25) is 15.0 Å². The predicted octanol–water partition coefficient (Wildman–Crippen LogP) is 2.78. The van der Waals surface area contributed by atoms with E-state index in [2.05, 4.69) is 15.2 Å². The smallest absolute Gasteiger partial charge is 0.267 e. The van der Waals surface area contributed by atoms with Gasteiger partial charge in [0.05, 0.1) is 23.8 Å². The first-order valence-corrected chi connectivity index (χ1v) is 9.65. The summed E-state index contributed by atoms with van der Waals surface area (Å²) in [7, 11) is 0. The van der Waals surface area contributed by atoms with E-state index in [1.807, 2.05) is 11.4 Å². The Hall–Kier alpha value is -1.28. The number of morpholine rings is 1. The minimum atomic E-state index is -0.0309. The second-order valence-corrected chi connectivity index (χ2v) is 7.89. The molecule has 0 aromatic carbocycles. The third-order valence-electron chi connectivity index (χ3n) is 4.23. The van der Waals surface area contributed by atoms with Crippen LogP contribution >= 0.6 is 22.7 Å². The van der Waals surface area contributed by atoms with Crippen LogP contribution in [0.2, 0.25) is 0 Å². The zero-order chi connectivity index (χ0) is 15.6. The zero-order valence-electron chi connectivity index (χ0n) is 12.8. The van der Waals surface area contributed by atoms with Gasteiger partial charge in [-0.2, -0.15) is 0 Å². The van der Waals surface area contributed by atoms with Gasteiger partial charge in [-0.15, -0.1) is 22.7 Å². The number of fused-ring (bicyclic) bond motifs is 1. The number of carbonyl (C=O) groups is 1. The van der Waals surface area contributed by atoms with E-state index in [1.165, 1.54) is 28.2 Å². The number of thiazole rings is 1. The van der Waals surface area contributed by atoms with E-state index in [4.69, 9.17) is 4.74 Å². The lowest BCUT2D eigenvalue weighted by Gasteiger charge is -2.25. The van der Waals surface area contributed by atoms with Crippen LogP contribution in [0.15, 0.2) is 11.4 Å². The number of carbonyl (C=O) groups excluding carboxylic acids is 1. The number of thiophene rings is 1. The SMILES string of the molecule is O=C(Nc1nc(CN2CCOCC2)cs1)c1cc2c(s1)CCC2. The Kier molecular flexibility index (Phi) is 4.43. The molecule has 2 aromatic rings. The van der Waals surface area contributed by atoms with Gasteiger partial charge in [0.1, 0.15) is 0 Å². The second-order valence-electron chi connectivity index (χ2n) is 5.90. The van der Waals surface area contributed by atoms with Gasteiger partial charge in [-0.05, 0) is 30.9 Å². The zero-order valence-corrected chi connectivity index (χ0v) is 14.5. The Balaban J connectivity index is 1.37. The average molecular weight is 349 g/mol. The fraction of sp³-hybridized carbons (Fsp3) is 0.500. The van der Waals surface area contributed by atoms with Crippen LogP contribution in [0.1, 0.15) is 32.2 Å². The molecular formula is C16H19N3O2S2. The Labute approximate surface area is 143 Å². The quantitative estimate of drug-likeness (QED) is 0.922. The summed E-state index contributed by atoms with van der Waals surface area (Å²) in [5.41, 5.74) is 2.37. The Bertz CT molecular complexity index is 682. The summed E-state index contributed by atoms with van der Waals surface area (Å²) in [6.45, 7) is 4.29. The number of hydrogen-bond acceptors (Lipinski definition) is 6. The van der Waals surface area contributed by atoms with E-state index >= 15 is 0 Å². The number of aryl methyl sites for hydroxylation is 2. The molecule has 3 heterocycles. The maximum Gasteiger partial charge on any atom is 0.267 e. The topological polar surface area (TPSA) is 54.5 Å². The van der Waals surface area contributed by atoms with Crippen molar-refractivity contribution in [2.24, 2.45) is 0 Å². The molecule has 1 N–H and O–H groups in total. The third-order valence-corrected chi connectivity index (χ3v) is 6.27. The van der Waals surface area contributed by atoms with Crippen molar-refractivity contribution in [1.29, 1.82) is 0 Å². The molecule has 23 heavy (non-hydrogen) atoms. The number of amides is 1. The van der Waals surface area contributed by atoms with E-state index in [-0.39, 0.29) is 5.91 Å². The summed E-state index contributed by atoms with van der Waals surface area (Å²) in [6, 6.07) is 2.05. The van der Waals surface area contributed by atoms with Gasteiger partial charge in [-0.25, -0.2) is 4.98 Å². The molecule has 122 valence electrons. The molecule has 0 spiro atoms. The number of nitrogens with one attached hydrogen (secondary N) is 1. The molecule has 1 fully saturated rings. The maximum atomic E-state index is 12.4. The molecule has 4 rings (SSSR count). The summed E-state index contributed by atoms with van der Waals surface area (Å²) >= 11 is 3.12. The van der Waals surface area contributed by atoms with E-state index in [0.29, 0.717) is 5.13 Å². The molecule has 1 saturated heterocycles. The van der Waals surface area contributed by atoms with Crippen LogP contribution in [0.5, 0.6) is 0 Å². The second kappa shape index (κ2) is 6.68. The summed E-state index contributed by atoms with van der Waals surface area (Å²) in [5, 5.41) is 5.65. The van der Waals surface area contributed by atoms with Crippen molar-refractivity contribution >= 4 is 33.7 Å². The van der Waals surface area contributed by atoms with Crippen molar-refractivity contribution < 1.29 is 9.53 Å². The predicted molar refractivity (Wildman–Crippen MR) is 92.5 cm³/mol. The molecule has 5 nitrogen and oxygen atoms in total. The number of rotatable bonds is 4. The highest BCUT2D eigenvalue weighted by atomic mass is 32.1. The van der Waals surface area contributed by atoms with E-state index in [1.54, 1.807) is 11.3 Å². The summed E-state index contributed by atoms with van der Waals surface area (Å²) in [6.07, 6.45) is 3.45. The van der Waals surface area contributed by atoms with E-state index in [9.17, 15) is 4.79 Å². The van der Waals surface area contributed by atoms with Crippen molar-refractivity contribution in [1.82, 2.24) is 9.88 Å². The average Bonchev–Trinajstić information content (AvgIpc) is 3.24. The van der Waals surface area contributed by atoms with Gasteiger partial charge in [0.25, 0.3) is 5.91 Å². The van der Waals surface area contributed by atoms with Gasteiger partial charge in [-0.1, -0.05) is 0 Å². The van der Waals surface area contributed by atoms with Crippen LogP contribution in [-0.2, 0) is 24.1 Å². The standard InChI is InChI=1S/C16H19N3O2S2/c20-15(14-8-11-2-1-3-13(11)23-14)18-16-17-12(10-22-16)9-19-4-6-21-7-5-19/h8,10H,1-7,9H2,(H,17,18,20). The lowest BCUT2D eigenvalue weighted by molar-refractivity contribution is 0.0337. The minimum Gasteiger partial charge on any atom is -0.379 e. The first kappa shape index (κ1) is 15.3. The number of aromatic nitrogens is 1. The summed E-state index contributed by atoms with van der Waals surface area (Å²) < 4.78 is 5.35. The van der Waals surface area contributed by atoms with Crippen molar-refractivity contribution in [2.75, 3.05) is 31.6 Å². The Morgan fingerprint density at radius 3 is 3.04 bits per heavy atom. The van der Waals surface area contributed by atoms with Crippen LogP contribution < -0.4 is 5.32 Å². The normalized spacial score (nSPS) is 18.1. The van der Waals surface area contributed by atoms with Gasteiger partial charge in [0.15, 0.2) is 5.13 Å². The molecule has 1 aliphatic heterocycles. The largest absolute Gasteiger partial charge is 0.379 e. The van der Waals surface area contributed by atoms with Gasteiger partial charge < -0.3 is 4.74 Å². The fourth-order valence-electron chi connectivity index (χ4n) is 3.03. The monoisotopic (exact) mass is 349 g/mol. The molecule has 0 saturated carbocycles. The molecule has 0 radical (unpaired) electrons. The Morgan fingerprint density at radius 2 is 2.22 bits per heavy atom. The first-order chi connectivity index (χ1) is 11.3. The maximum absolute atomic E-state index is 12.4. The van der Waals surface area contributed by atoms with Gasteiger partial charge in [0.2, 0.25) is 0 Å². The number of nitrogens with zero attached hydrogens (tertiary/aromatic N) is 2. The Morgan fingerprint density at radius 1 is 1.35 bits per heavy atom. The van der Waals surface area contributed by atoms with Crippen LogP contribution in [-0.4, -0.2) is 42.1 Å². The van der Waals surface area contributed by atoms with Crippen LogP contribution in [0, 0.1) is 0 Å². The molecule has 0 unspecified atom stereocenters. The number of ether oxygens (including phenoxy) is 1. The van der Waals surface area contributed by atoms with E-state index in [0.717, 1.165) is 56.3 Å².